The minimum Gasteiger partial charge on any atom is -0.490 e. The predicted octanol–water partition coefficient (Wildman–Crippen LogP) is 3.49. The van der Waals surface area contributed by atoms with Crippen molar-refractivity contribution < 1.29 is 14.2 Å². The van der Waals surface area contributed by atoms with Crippen molar-refractivity contribution in [1.29, 1.82) is 0 Å². The molecule has 0 spiro atoms. The van der Waals surface area contributed by atoms with Crippen molar-refractivity contribution in [2.24, 2.45) is 0 Å². The Morgan fingerprint density at radius 3 is 3.07 bits per heavy atom. The summed E-state index contributed by atoms with van der Waals surface area (Å²) in [5.74, 6) is 1.27. The minimum atomic E-state index is -0.0969. The van der Waals surface area contributed by atoms with Crippen LogP contribution >= 0.6 is 0 Å². The lowest BCUT2D eigenvalue weighted by Crippen LogP contribution is -2.24. The summed E-state index contributed by atoms with van der Waals surface area (Å²) in [4.78, 5) is 16.3. The highest BCUT2D eigenvalue weighted by Gasteiger charge is 2.13. The van der Waals surface area contributed by atoms with Crippen molar-refractivity contribution in [3.8, 4) is 5.75 Å². The SMILES string of the molecule is CNc1nc(/C=C/c2cncc(OCCOC3CCCCO3)c2)c2cc[nH]c2n1. The quantitative estimate of drug-likeness (QED) is 0.564. The molecule has 0 aromatic carbocycles. The number of aromatic nitrogens is 4. The molecule has 3 aromatic rings. The molecule has 8 nitrogen and oxygen atoms in total. The van der Waals surface area contributed by atoms with Gasteiger partial charge in [0.15, 0.2) is 6.29 Å². The average molecular weight is 395 g/mol. The number of rotatable bonds is 8. The van der Waals surface area contributed by atoms with Gasteiger partial charge in [-0.3, -0.25) is 4.98 Å². The molecular formula is C21H25N5O3. The molecule has 0 saturated carbocycles. The standard InChI is InChI=1S/C21H25N5O3/c1-22-21-25-18(17-7-8-24-20(17)26-21)6-5-15-12-16(14-23-13-15)27-10-11-29-19-4-2-3-9-28-19/h5-8,12-14,19H,2-4,9-11H2,1H3,(H2,22,24,25,26)/b6-5+. The largest absolute Gasteiger partial charge is 0.490 e. The maximum atomic E-state index is 5.77. The van der Waals surface area contributed by atoms with Crippen LogP contribution in [-0.4, -0.2) is 53.1 Å². The molecule has 1 saturated heterocycles. The molecule has 152 valence electrons. The zero-order valence-corrected chi connectivity index (χ0v) is 16.4. The number of aromatic amines is 1. The Hall–Kier alpha value is -2.97. The topological polar surface area (TPSA) is 94.2 Å². The average Bonchev–Trinajstić information content (AvgIpc) is 3.25. The number of H-pyrrole nitrogens is 1. The third-order valence-electron chi connectivity index (χ3n) is 4.63. The van der Waals surface area contributed by atoms with E-state index in [2.05, 4.69) is 25.3 Å². The molecular weight excluding hydrogens is 370 g/mol. The molecule has 1 fully saturated rings. The summed E-state index contributed by atoms with van der Waals surface area (Å²) >= 11 is 0. The van der Waals surface area contributed by atoms with Gasteiger partial charge in [-0.15, -0.1) is 0 Å². The number of pyridine rings is 1. The van der Waals surface area contributed by atoms with Gasteiger partial charge in [0, 0.05) is 31.4 Å². The molecule has 1 aliphatic heterocycles. The van der Waals surface area contributed by atoms with E-state index in [4.69, 9.17) is 14.2 Å². The van der Waals surface area contributed by atoms with Crippen molar-refractivity contribution in [1.82, 2.24) is 19.9 Å². The van der Waals surface area contributed by atoms with E-state index in [1.807, 2.05) is 30.5 Å². The van der Waals surface area contributed by atoms with Crippen molar-refractivity contribution in [2.75, 3.05) is 32.2 Å². The van der Waals surface area contributed by atoms with E-state index in [1.54, 1.807) is 19.4 Å². The van der Waals surface area contributed by atoms with Crippen LogP contribution in [0, 0.1) is 0 Å². The number of anilines is 1. The zero-order valence-electron chi connectivity index (χ0n) is 16.4. The molecule has 29 heavy (non-hydrogen) atoms. The van der Waals surface area contributed by atoms with Gasteiger partial charge in [0.1, 0.15) is 18.0 Å². The van der Waals surface area contributed by atoms with Gasteiger partial charge < -0.3 is 24.5 Å². The van der Waals surface area contributed by atoms with E-state index in [0.29, 0.717) is 24.9 Å². The van der Waals surface area contributed by atoms with E-state index in [1.165, 1.54) is 0 Å². The summed E-state index contributed by atoms with van der Waals surface area (Å²) in [5, 5.41) is 3.94. The van der Waals surface area contributed by atoms with E-state index >= 15 is 0 Å². The van der Waals surface area contributed by atoms with Crippen LogP contribution in [-0.2, 0) is 9.47 Å². The first-order valence-corrected chi connectivity index (χ1v) is 9.84. The van der Waals surface area contributed by atoms with Gasteiger partial charge in [-0.05, 0) is 43.0 Å². The molecule has 4 rings (SSSR count). The second kappa shape index (κ2) is 9.49. The van der Waals surface area contributed by atoms with Crippen molar-refractivity contribution in [3.63, 3.8) is 0 Å². The molecule has 0 amide bonds. The van der Waals surface area contributed by atoms with Crippen LogP contribution in [0.4, 0.5) is 5.95 Å². The summed E-state index contributed by atoms with van der Waals surface area (Å²) in [7, 11) is 1.80. The molecule has 1 atom stereocenters. The first-order valence-electron chi connectivity index (χ1n) is 9.84. The minimum absolute atomic E-state index is 0.0969. The van der Waals surface area contributed by atoms with Crippen molar-refractivity contribution in [2.45, 2.75) is 25.6 Å². The fourth-order valence-electron chi connectivity index (χ4n) is 3.17. The normalized spacial score (nSPS) is 17.1. The van der Waals surface area contributed by atoms with Gasteiger partial charge in [-0.2, -0.15) is 4.98 Å². The Kier molecular flexibility index (Phi) is 6.33. The van der Waals surface area contributed by atoms with Gasteiger partial charge in [-0.1, -0.05) is 6.08 Å². The Balaban J connectivity index is 1.37. The summed E-state index contributed by atoms with van der Waals surface area (Å²) < 4.78 is 17.0. The van der Waals surface area contributed by atoms with Gasteiger partial charge in [-0.25, -0.2) is 4.98 Å². The fraction of sp³-hybridized carbons (Fsp3) is 0.381. The van der Waals surface area contributed by atoms with Gasteiger partial charge in [0.05, 0.1) is 18.5 Å². The molecule has 2 N–H and O–H groups in total. The van der Waals surface area contributed by atoms with Crippen molar-refractivity contribution in [3.05, 3.63) is 42.0 Å². The van der Waals surface area contributed by atoms with Crippen LogP contribution in [0.3, 0.4) is 0 Å². The van der Waals surface area contributed by atoms with Crippen LogP contribution < -0.4 is 10.1 Å². The van der Waals surface area contributed by atoms with E-state index in [-0.39, 0.29) is 6.29 Å². The highest BCUT2D eigenvalue weighted by Crippen LogP contribution is 2.20. The summed E-state index contributed by atoms with van der Waals surface area (Å²) in [6.45, 7) is 1.72. The Bertz CT molecular complexity index is 966. The smallest absolute Gasteiger partial charge is 0.224 e. The highest BCUT2D eigenvalue weighted by molar-refractivity contribution is 5.88. The molecule has 0 aliphatic carbocycles. The molecule has 0 bridgehead atoms. The zero-order chi connectivity index (χ0) is 19.9. The van der Waals surface area contributed by atoms with Crippen LogP contribution in [0.5, 0.6) is 5.75 Å². The molecule has 0 radical (unpaired) electrons. The Labute approximate surface area is 169 Å². The molecule has 4 heterocycles. The van der Waals surface area contributed by atoms with Crippen molar-refractivity contribution >= 4 is 29.1 Å². The Morgan fingerprint density at radius 1 is 1.24 bits per heavy atom. The van der Waals surface area contributed by atoms with Crippen LogP contribution in [0.2, 0.25) is 0 Å². The number of nitrogens with zero attached hydrogens (tertiary/aromatic N) is 3. The number of fused-ring (bicyclic) bond motifs is 1. The molecule has 3 aromatic heterocycles. The maximum absolute atomic E-state index is 5.77. The number of nitrogens with one attached hydrogen (secondary N) is 2. The molecule has 8 heteroatoms. The fourth-order valence-corrected chi connectivity index (χ4v) is 3.17. The van der Waals surface area contributed by atoms with Crippen LogP contribution in [0.15, 0.2) is 30.7 Å². The summed E-state index contributed by atoms with van der Waals surface area (Å²) in [6.07, 6.45) is 12.4. The summed E-state index contributed by atoms with van der Waals surface area (Å²) in [5.41, 5.74) is 2.54. The Morgan fingerprint density at radius 2 is 2.21 bits per heavy atom. The van der Waals surface area contributed by atoms with Gasteiger partial charge >= 0.3 is 0 Å². The lowest BCUT2D eigenvalue weighted by Gasteiger charge is -2.22. The lowest BCUT2D eigenvalue weighted by atomic mass is 10.2. The molecule has 1 aliphatic rings. The number of hydrogen-bond donors (Lipinski definition) is 2. The first kappa shape index (κ1) is 19.4. The predicted molar refractivity (Wildman–Crippen MR) is 112 cm³/mol. The lowest BCUT2D eigenvalue weighted by molar-refractivity contribution is -0.165. The van der Waals surface area contributed by atoms with Crippen LogP contribution in [0.1, 0.15) is 30.5 Å². The van der Waals surface area contributed by atoms with Gasteiger partial charge in [0.25, 0.3) is 0 Å². The highest BCUT2D eigenvalue weighted by atomic mass is 16.7. The molecule has 1 unspecified atom stereocenters. The summed E-state index contributed by atoms with van der Waals surface area (Å²) in [6, 6.07) is 3.90. The number of hydrogen-bond acceptors (Lipinski definition) is 7. The number of ether oxygens (including phenoxy) is 3. The van der Waals surface area contributed by atoms with E-state index < -0.39 is 0 Å². The second-order valence-electron chi connectivity index (χ2n) is 6.73. The van der Waals surface area contributed by atoms with Crippen LogP contribution in [0.25, 0.3) is 23.2 Å². The second-order valence-corrected chi connectivity index (χ2v) is 6.73. The van der Waals surface area contributed by atoms with E-state index in [0.717, 1.165) is 48.2 Å². The van der Waals surface area contributed by atoms with E-state index in [9.17, 15) is 0 Å². The monoisotopic (exact) mass is 395 g/mol. The first-order chi connectivity index (χ1) is 14.3. The maximum Gasteiger partial charge on any atom is 0.224 e. The van der Waals surface area contributed by atoms with Gasteiger partial charge in [0.2, 0.25) is 5.95 Å². The third kappa shape index (κ3) is 5.10. The third-order valence-corrected chi connectivity index (χ3v) is 4.63.